The first-order valence-corrected chi connectivity index (χ1v) is 4.70. The molecule has 0 aliphatic rings. The van der Waals surface area contributed by atoms with Crippen LogP contribution in [-0.4, -0.2) is 24.3 Å². The molecule has 3 nitrogen and oxygen atoms in total. The molecule has 0 bridgehead atoms. The number of rotatable bonds is 6. The lowest BCUT2D eigenvalue weighted by molar-refractivity contribution is 0.184. The van der Waals surface area contributed by atoms with Gasteiger partial charge < -0.3 is 14.8 Å². The Bertz CT molecular complexity index is 207. The third kappa shape index (κ3) is 4.70. The second kappa shape index (κ2) is 5.78. The zero-order valence-electron chi connectivity index (χ0n) is 7.99. The van der Waals surface area contributed by atoms with Crippen molar-refractivity contribution in [2.24, 2.45) is 0 Å². The van der Waals surface area contributed by atoms with Gasteiger partial charge in [-0.25, -0.2) is 0 Å². The van der Waals surface area contributed by atoms with Gasteiger partial charge in [0.2, 0.25) is 0 Å². The van der Waals surface area contributed by atoms with Gasteiger partial charge in [0.05, 0.1) is 12.4 Å². The highest BCUT2D eigenvalue weighted by molar-refractivity contribution is 4.98. The van der Waals surface area contributed by atoms with Crippen LogP contribution in [0.1, 0.15) is 19.1 Å². The fourth-order valence-electron chi connectivity index (χ4n) is 1.10. The van der Waals surface area contributed by atoms with Gasteiger partial charge in [0.1, 0.15) is 5.76 Å². The van der Waals surface area contributed by atoms with Crippen molar-refractivity contribution in [3.63, 3.8) is 0 Å². The monoisotopic (exact) mass is 183 g/mol. The molecule has 13 heavy (non-hydrogen) atoms. The highest BCUT2D eigenvalue weighted by Crippen LogP contribution is 1.99. The summed E-state index contributed by atoms with van der Waals surface area (Å²) in [6.45, 7) is 3.56. The topological polar surface area (TPSA) is 45.4 Å². The Morgan fingerprint density at radius 3 is 3.00 bits per heavy atom. The molecule has 1 unspecified atom stereocenters. The molecule has 0 spiro atoms. The molecule has 0 saturated carbocycles. The summed E-state index contributed by atoms with van der Waals surface area (Å²) in [7, 11) is 0. The van der Waals surface area contributed by atoms with Crippen molar-refractivity contribution >= 4 is 0 Å². The SMILES string of the molecule is CC(O)CCNCCc1ccco1. The van der Waals surface area contributed by atoms with E-state index in [9.17, 15) is 0 Å². The molecular weight excluding hydrogens is 166 g/mol. The lowest BCUT2D eigenvalue weighted by Gasteiger charge is -2.04. The molecule has 1 atom stereocenters. The Hall–Kier alpha value is -0.800. The molecule has 1 rings (SSSR count). The molecule has 0 aromatic carbocycles. The predicted molar refractivity (Wildman–Crippen MR) is 51.6 cm³/mol. The third-order valence-corrected chi connectivity index (χ3v) is 1.87. The summed E-state index contributed by atoms with van der Waals surface area (Å²) in [6, 6.07) is 3.86. The molecule has 2 N–H and O–H groups in total. The predicted octanol–water partition coefficient (Wildman–Crippen LogP) is 1.18. The summed E-state index contributed by atoms with van der Waals surface area (Å²) >= 11 is 0. The zero-order chi connectivity index (χ0) is 9.52. The van der Waals surface area contributed by atoms with Crippen molar-refractivity contribution in [1.82, 2.24) is 5.32 Å². The quantitative estimate of drug-likeness (QED) is 0.651. The highest BCUT2D eigenvalue weighted by Gasteiger charge is 1.96. The van der Waals surface area contributed by atoms with Crippen molar-refractivity contribution in [3.8, 4) is 0 Å². The Kier molecular flexibility index (Phi) is 4.57. The van der Waals surface area contributed by atoms with E-state index in [4.69, 9.17) is 9.52 Å². The standard InChI is InChI=1S/C10H17NO2/c1-9(12)4-6-11-7-5-10-3-2-8-13-10/h2-3,8-9,11-12H,4-7H2,1H3. The molecule has 3 heteroatoms. The number of nitrogens with one attached hydrogen (secondary N) is 1. The molecular formula is C10H17NO2. The first-order valence-electron chi connectivity index (χ1n) is 4.70. The largest absolute Gasteiger partial charge is 0.469 e. The van der Waals surface area contributed by atoms with Gasteiger partial charge in [0, 0.05) is 13.0 Å². The van der Waals surface area contributed by atoms with Gasteiger partial charge in [-0.3, -0.25) is 0 Å². The van der Waals surface area contributed by atoms with Crippen LogP contribution in [-0.2, 0) is 6.42 Å². The second-order valence-corrected chi connectivity index (χ2v) is 3.22. The minimum Gasteiger partial charge on any atom is -0.469 e. The van der Waals surface area contributed by atoms with Gasteiger partial charge in [-0.15, -0.1) is 0 Å². The van der Waals surface area contributed by atoms with Crippen molar-refractivity contribution in [2.45, 2.75) is 25.9 Å². The number of hydrogen-bond acceptors (Lipinski definition) is 3. The third-order valence-electron chi connectivity index (χ3n) is 1.87. The minimum atomic E-state index is -0.212. The summed E-state index contributed by atoms with van der Waals surface area (Å²) in [5, 5.41) is 12.2. The first-order chi connectivity index (χ1) is 6.29. The summed E-state index contributed by atoms with van der Waals surface area (Å²) in [6.07, 6.45) is 3.19. The van der Waals surface area contributed by atoms with E-state index < -0.39 is 0 Å². The van der Waals surface area contributed by atoms with Crippen LogP contribution in [0.4, 0.5) is 0 Å². The van der Waals surface area contributed by atoms with E-state index in [1.807, 2.05) is 12.1 Å². The van der Waals surface area contributed by atoms with E-state index in [2.05, 4.69) is 5.32 Å². The summed E-state index contributed by atoms with van der Waals surface area (Å²) in [4.78, 5) is 0. The molecule has 1 aromatic heterocycles. The maximum Gasteiger partial charge on any atom is 0.105 e. The van der Waals surface area contributed by atoms with Crippen LogP contribution in [0.3, 0.4) is 0 Å². The number of aliphatic hydroxyl groups is 1. The van der Waals surface area contributed by atoms with Gasteiger partial charge in [0.25, 0.3) is 0 Å². The van der Waals surface area contributed by atoms with Crippen molar-refractivity contribution in [3.05, 3.63) is 24.2 Å². The molecule has 0 aliphatic carbocycles. The van der Waals surface area contributed by atoms with Gasteiger partial charge in [-0.1, -0.05) is 0 Å². The van der Waals surface area contributed by atoms with Gasteiger partial charge >= 0.3 is 0 Å². The second-order valence-electron chi connectivity index (χ2n) is 3.22. The van der Waals surface area contributed by atoms with Crippen LogP contribution in [0, 0.1) is 0 Å². The number of aliphatic hydroxyl groups excluding tert-OH is 1. The Morgan fingerprint density at radius 1 is 1.54 bits per heavy atom. The summed E-state index contributed by atoms with van der Waals surface area (Å²) < 4.78 is 5.17. The lowest BCUT2D eigenvalue weighted by Crippen LogP contribution is -2.21. The van der Waals surface area contributed by atoms with E-state index in [0.29, 0.717) is 0 Å². The van der Waals surface area contributed by atoms with E-state index in [-0.39, 0.29) is 6.10 Å². The Labute approximate surface area is 78.8 Å². The maximum absolute atomic E-state index is 8.98. The Balaban J connectivity index is 1.96. The van der Waals surface area contributed by atoms with Crippen LogP contribution in [0.25, 0.3) is 0 Å². The summed E-state index contributed by atoms with van der Waals surface area (Å²) in [5.74, 6) is 1.00. The summed E-state index contributed by atoms with van der Waals surface area (Å²) in [5.41, 5.74) is 0. The van der Waals surface area contributed by atoms with E-state index in [1.165, 1.54) is 0 Å². The van der Waals surface area contributed by atoms with Crippen LogP contribution in [0.15, 0.2) is 22.8 Å². The first kappa shape index (κ1) is 10.3. The molecule has 0 amide bonds. The normalized spacial score (nSPS) is 13.1. The molecule has 74 valence electrons. The van der Waals surface area contributed by atoms with Gasteiger partial charge in [-0.05, 0) is 32.0 Å². The maximum atomic E-state index is 8.98. The molecule has 0 aliphatic heterocycles. The Morgan fingerprint density at radius 2 is 2.38 bits per heavy atom. The molecule has 1 aromatic rings. The smallest absolute Gasteiger partial charge is 0.105 e. The molecule has 0 saturated heterocycles. The van der Waals surface area contributed by atoms with E-state index >= 15 is 0 Å². The average molecular weight is 183 g/mol. The van der Waals surface area contributed by atoms with Crippen LogP contribution < -0.4 is 5.32 Å². The van der Waals surface area contributed by atoms with Crippen molar-refractivity contribution in [1.29, 1.82) is 0 Å². The number of hydrogen-bond donors (Lipinski definition) is 2. The lowest BCUT2D eigenvalue weighted by atomic mass is 10.3. The molecule has 0 fully saturated rings. The van der Waals surface area contributed by atoms with Crippen LogP contribution >= 0.6 is 0 Å². The van der Waals surface area contributed by atoms with Gasteiger partial charge in [0.15, 0.2) is 0 Å². The zero-order valence-corrected chi connectivity index (χ0v) is 7.99. The van der Waals surface area contributed by atoms with Crippen molar-refractivity contribution in [2.75, 3.05) is 13.1 Å². The minimum absolute atomic E-state index is 0.212. The molecule has 1 heterocycles. The van der Waals surface area contributed by atoms with E-state index in [0.717, 1.165) is 31.7 Å². The fourth-order valence-corrected chi connectivity index (χ4v) is 1.10. The van der Waals surface area contributed by atoms with E-state index in [1.54, 1.807) is 13.2 Å². The van der Waals surface area contributed by atoms with Crippen molar-refractivity contribution < 1.29 is 9.52 Å². The van der Waals surface area contributed by atoms with Crippen LogP contribution in [0.2, 0.25) is 0 Å². The fraction of sp³-hybridized carbons (Fsp3) is 0.600. The average Bonchev–Trinajstić information content (AvgIpc) is 2.55. The van der Waals surface area contributed by atoms with Gasteiger partial charge in [-0.2, -0.15) is 0 Å². The van der Waals surface area contributed by atoms with Crippen LogP contribution in [0.5, 0.6) is 0 Å². The highest BCUT2D eigenvalue weighted by atomic mass is 16.3. The molecule has 0 radical (unpaired) electrons. The number of furan rings is 1.